The second-order valence-corrected chi connectivity index (χ2v) is 16.7. The summed E-state index contributed by atoms with van der Waals surface area (Å²) < 4.78 is 0. The topological polar surface area (TPSA) is 0 Å². The Hall–Kier alpha value is -8.32. The third-order valence-electron chi connectivity index (χ3n) is 13.0. The van der Waals surface area contributed by atoms with Gasteiger partial charge in [0, 0.05) is 0 Å². The molecule has 0 heteroatoms. The van der Waals surface area contributed by atoms with E-state index >= 15 is 0 Å². The molecule has 0 saturated heterocycles. The molecule has 0 heterocycles. The molecular formula is C64H42. The Morgan fingerprint density at radius 3 is 0.547 bits per heavy atom. The molecule has 0 aromatic heterocycles. The van der Waals surface area contributed by atoms with Crippen molar-refractivity contribution in [2.75, 3.05) is 0 Å². The molecule has 0 fully saturated rings. The summed E-state index contributed by atoms with van der Waals surface area (Å²) in [7, 11) is 0. The van der Waals surface area contributed by atoms with Crippen LogP contribution in [0.1, 0.15) is 0 Å². The van der Waals surface area contributed by atoms with Gasteiger partial charge in [-0.05, 0) is 145 Å². The molecular weight excluding hydrogens is 769 g/mol. The van der Waals surface area contributed by atoms with Crippen molar-refractivity contribution in [2.45, 2.75) is 0 Å². The highest BCUT2D eigenvalue weighted by molar-refractivity contribution is 6.23. The molecule has 0 radical (unpaired) electrons. The molecule has 0 aliphatic rings. The van der Waals surface area contributed by atoms with Crippen molar-refractivity contribution >= 4 is 43.1 Å². The van der Waals surface area contributed by atoms with Gasteiger partial charge >= 0.3 is 0 Å². The maximum Gasteiger partial charge on any atom is -0.00262 e. The molecule has 0 atom stereocenters. The Morgan fingerprint density at radius 2 is 0.297 bits per heavy atom. The quantitative estimate of drug-likeness (QED) is 0.141. The molecule has 0 bridgehead atoms. The minimum absolute atomic E-state index is 1.19. The van der Waals surface area contributed by atoms with Gasteiger partial charge in [0.05, 0.1) is 0 Å². The third kappa shape index (κ3) is 6.48. The molecule has 0 aliphatic heterocycles. The molecule has 0 spiro atoms. The SMILES string of the molecule is c1ccc(-c2c3ccccc3c(-c3cccc(-c4cccc(-c5cccc(-c6cccc(-c7c8ccccc8c(-c8ccccc8)c8ccccc78)c6)c5)c4)c3)c3ccccc23)cc1. The summed E-state index contributed by atoms with van der Waals surface area (Å²) in [6, 6.07) is 93.4. The van der Waals surface area contributed by atoms with E-state index in [-0.39, 0.29) is 0 Å². The fourth-order valence-corrected chi connectivity index (χ4v) is 10.2. The Labute approximate surface area is 374 Å². The smallest absolute Gasteiger partial charge is 0.00262 e. The van der Waals surface area contributed by atoms with E-state index in [0.29, 0.717) is 0 Å². The van der Waals surface area contributed by atoms with Crippen LogP contribution in [0.3, 0.4) is 0 Å². The summed E-state index contributed by atoms with van der Waals surface area (Å²) in [4.78, 5) is 0. The molecule has 64 heavy (non-hydrogen) atoms. The Balaban J connectivity index is 0.929. The lowest BCUT2D eigenvalue weighted by Gasteiger charge is -2.18. The van der Waals surface area contributed by atoms with Crippen molar-refractivity contribution < 1.29 is 0 Å². The largest absolute Gasteiger partial charge is 0.0622 e. The lowest BCUT2D eigenvalue weighted by molar-refractivity contribution is 1.57. The molecule has 0 nitrogen and oxygen atoms in total. The maximum absolute atomic E-state index is 2.37. The normalized spacial score (nSPS) is 11.4. The fourth-order valence-electron chi connectivity index (χ4n) is 10.2. The number of benzene rings is 12. The van der Waals surface area contributed by atoms with Gasteiger partial charge in [0.1, 0.15) is 0 Å². The molecule has 12 aromatic rings. The van der Waals surface area contributed by atoms with Crippen LogP contribution in [0, 0.1) is 0 Å². The van der Waals surface area contributed by atoms with Crippen LogP contribution in [-0.4, -0.2) is 0 Å². The molecule has 298 valence electrons. The summed E-state index contributed by atoms with van der Waals surface area (Å²) in [5.74, 6) is 0. The van der Waals surface area contributed by atoms with Crippen molar-refractivity contribution in [1.29, 1.82) is 0 Å². The van der Waals surface area contributed by atoms with Crippen LogP contribution in [0.25, 0.3) is 121 Å². The van der Waals surface area contributed by atoms with E-state index in [0.717, 1.165) is 0 Å². The Morgan fingerprint density at radius 1 is 0.125 bits per heavy atom. The number of hydrogen-bond acceptors (Lipinski definition) is 0. The lowest BCUT2D eigenvalue weighted by atomic mass is 9.85. The number of hydrogen-bond donors (Lipinski definition) is 0. The second kappa shape index (κ2) is 15.9. The summed E-state index contributed by atoms with van der Waals surface area (Å²) in [5, 5.41) is 10.1. The van der Waals surface area contributed by atoms with E-state index in [4.69, 9.17) is 0 Å². The van der Waals surface area contributed by atoms with E-state index < -0.39 is 0 Å². The number of fused-ring (bicyclic) bond motifs is 4. The zero-order valence-electron chi connectivity index (χ0n) is 35.2. The fraction of sp³-hybridized carbons (Fsp3) is 0. The van der Waals surface area contributed by atoms with Crippen LogP contribution < -0.4 is 0 Å². The third-order valence-corrected chi connectivity index (χ3v) is 13.0. The first-order valence-electron chi connectivity index (χ1n) is 22.2. The van der Waals surface area contributed by atoms with Crippen LogP contribution in [0.4, 0.5) is 0 Å². The van der Waals surface area contributed by atoms with Gasteiger partial charge in [0.2, 0.25) is 0 Å². The maximum atomic E-state index is 2.37. The summed E-state index contributed by atoms with van der Waals surface area (Å²) in [5.41, 5.74) is 17.2. The zero-order valence-corrected chi connectivity index (χ0v) is 35.2. The molecule has 0 amide bonds. The van der Waals surface area contributed by atoms with Gasteiger partial charge in [-0.2, -0.15) is 0 Å². The highest BCUT2D eigenvalue weighted by Crippen LogP contribution is 2.46. The molecule has 0 aliphatic carbocycles. The predicted octanol–water partition coefficient (Wildman–Crippen LogP) is 18.0. The predicted molar refractivity (Wildman–Crippen MR) is 275 cm³/mol. The van der Waals surface area contributed by atoms with Gasteiger partial charge in [0.25, 0.3) is 0 Å². The lowest BCUT2D eigenvalue weighted by Crippen LogP contribution is -1.91. The first-order valence-corrected chi connectivity index (χ1v) is 22.2. The van der Waals surface area contributed by atoms with Crippen molar-refractivity contribution in [2.24, 2.45) is 0 Å². The van der Waals surface area contributed by atoms with Gasteiger partial charge in [-0.25, -0.2) is 0 Å². The van der Waals surface area contributed by atoms with Gasteiger partial charge in [0.15, 0.2) is 0 Å². The van der Waals surface area contributed by atoms with E-state index in [1.165, 1.54) is 121 Å². The van der Waals surface area contributed by atoms with E-state index in [2.05, 4.69) is 255 Å². The highest BCUT2D eigenvalue weighted by Gasteiger charge is 2.19. The van der Waals surface area contributed by atoms with Crippen LogP contribution >= 0.6 is 0 Å². The van der Waals surface area contributed by atoms with E-state index in [1.54, 1.807) is 0 Å². The molecule has 0 N–H and O–H groups in total. The van der Waals surface area contributed by atoms with Gasteiger partial charge < -0.3 is 0 Å². The van der Waals surface area contributed by atoms with Crippen molar-refractivity contribution in [3.8, 4) is 77.9 Å². The minimum Gasteiger partial charge on any atom is -0.0622 e. The minimum atomic E-state index is 1.19. The first kappa shape index (κ1) is 37.4. The van der Waals surface area contributed by atoms with Crippen molar-refractivity contribution in [3.05, 3.63) is 255 Å². The molecule has 12 aromatic carbocycles. The highest BCUT2D eigenvalue weighted by atomic mass is 14.2. The monoisotopic (exact) mass is 810 g/mol. The Kier molecular flexibility index (Phi) is 9.28. The second-order valence-electron chi connectivity index (χ2n) is 16.7. The summed E-state index contributed by atoms with van der Waals surface area (Å²) >= 11 is 0. The average molecular weight is 811 g/mol. The van der Waals surface area contributed by atoms with Gasteiger partial charge in [-0.1, -0.05) is 231 Å². The van der Waals surface area contributed by atoms with Crippen molar-refractivity contribution in [1.82, 2.24) is 0 Å². The van der Waals surface area contributed by atoms with E-state index in [1.807, 2.05) is 0 Å². The Bertz CT molecular complexity index is 3350. The first-order chi connectivity index (χ1) is 31.8. The van der Waals surface area contributed by atoms with Crippen LogP contribution in [0.15, 0.2) is 255 Å². The molecule has 0 saturated carbocycles. The van der Waals surface area contributed by atoms with Crippen LogP contribution in [0.2, 0.25) is 0 Å². The molecule has 12 rings (SSSR count). The number of rotatable bonds is 7. The standard InChI is InChI=1S/C64H42/c1-3-19-43(20-4-1)61-53-31-7-11-35-57(53)63(58-36-12-8-32-54(58)61)51-29-17-27-49(41-51)47-25-15-23-45(39-47)46-24-16-26-48(40-46)50-28-18-30-52(42-50)64-59-37-13-9-33-55(59)62(44-21-5-2-6-22-44)56-34-10-14-38-60(56)64/h1-42H. The van der Waals surface area contributed by atoms with Gasteiger partial charge in [-0.3, -0.25) is 0 Å². The van der Waals surface area contributed by atoms with Gasteiger partial charge in [-0.15, -0.1) is 0 Å². The summed E-state index contributed by atoms with van der Waals surface area (Å²) in [6.45, 7) is 0. The van der Waals surface area contributed by atoms with Crippen LogP contribution in [0.5, 0.6) is 0 Å². The zero-order chi connectivity index (χ0) is 42.4. The van der Waals surface area contributed by atoms with Crippen molar-refractivity contribution in [3.63, 3.8) is 0 Å². The van der Waals surface area contributed by atoms with Crippen LogP contribution in [-0.2, 0) is 0 Å². The average Bonchev–Trinajstić information content (AvgIpc) is 3.37. The van der Waals surface area contributed by atoms with E-state index in [9.17, 15) is 0 Å². The molecule has 0 unspecified atom stereocenters. The summed E-state index contributed by atoms with van der Waals surface area (Å²) in [6.07, 6.45) is 0.